The highest BCUT2D eigenvalue weighted by molar-refractivity contribution is 5.48. The summed E-state index contributed by atoms with van der Waals surface area (Å²) in [4.78, 5) is 3.95. The molecule has 13 heavy (non-hydrogen) atoms. The summed E-state index contributed by atoms with van der Waals surface area (Å²) < 4.78 is 17.2. The molecule has 0 fully saturated rings. The number of nitrogens with zero attached hydrogens (tertiary/aromatic N) is 1. The molecule has 0 aliphatic heterocycles. The number of hydrogen-bond acceptors (Lipinski definition) is 2. The normalized spacial score (nSPS) is 21.7. The zero-order valence-electron chi connectivity index (χ0n) is 7.53. The van der Waals surface area contributed by atoms with Crippen molar-refractivity contribution in [2.24, 2.45) is 10.9 Å². The number of allylic oxidation sites excluding steroid dienone is 4. The molecule has 1 rings (SSSR count). The SMILES string of the molecule is C=C(/N=C\OC)C1C=CC(F)=CC1. The summed E-state index contributed by atoms with van der Waals surface area (Å²) in [5, 5.41) is 0. The second kappa shape index (κ2) is 4.60. The molecule has 70 valence electrons. The molecule has 0 heterocycles. The average Bonchev–Trinajstić information content (AvgIpc) is 2.15. The van der Waals surface area contributed by atoms with Gasteiger partial charge in [0.05, 0.1) is 7.11 Å². The van der Waals surface area contributed by atoms with Crippen molar-refractivity contribution in [2.75, 3.05) is 7.11 Å². The van der Waals surface area contributed by atoms with Gasteiger partial charge in [0.1, 0.15) is 5.83 Å². The Morgan fingerprint density at radius 3 is 3.15 bits per heavy atom. The van der Waals surface area contributed by atoms with Crippen LogP contribution >= 0.6 is 0 Å². The Kier molecular flexibility index (Phi) is 3.43. The summed E-state index contributed by atoms with van der Waals surface area (Å²) in [6.07, 6.45) is 6.65. The van der Waals surface area contributed by atoms with Crippen LogP contribution in [0.3, 0.4) is 0 Å². The predicted octanol–water partition coefficient (Wildman–Crippen LogP) is 2.60. The van der Waals surface area contributed by atoms with Gasteiger partial charge in [-0.15, -0.1) is 0 Å². The molecule has 1 unspecified atom stereocenters. The van der Waals surface area contributed by atoms with Crippen LogP contribution in [0.15, 0.2) is 41.3 Å². The lowest BCUT2D eigenvalue weighted by Crippen LogP contribution is -2.00. The zero-order chi connectivity index (χ0) is 9.68. The van der Waals surface area contributed by atoms with Crippen LogP contribution in [0.1, 0.15) is 6.42 Å². The molecule has 1 aliphatic rings. The Labute approximate surface area is 77.1 Å². The van der Waals surface area contributed by atoms with Gasteiger partial charge in [-0.05, 0) is 18.6 Å². The second-order valence-electron chi connectivity index (χ2n) is 2.75. The van der Waals surface area contributed by atoms with E-state index in [0.717, 1.165) is 0 Å². The molecular weight excluding hydrogens is 169 g/mol. The quantitative estimate of drug-likeness (QED) is 0.484. The lowest BCUT2D eigenvalue weighted by molar-refractivity contribution is 0.421. The lowest BCUT2D eigenvalue weighted by Gasteiger charge is -2.12. The highest BCUT2D eigenvalue weighted by Crippen LogP contribution is 2.23. The first-order valence-electron chi connectivity index (χ1n) is 4.02. The van der Waals surface area contributed by atoms with Gasteiger partial charge in [-0.2, -0.15) is 0 Å². The van der Waals surface area contributed by atoms with E-state index in [-0.39, 0.29) is 11.7 Å². The van der Waals surface area contributed by atoms with E-state index >= 15 is 0 Å². The van der Waals surface area contributed by atoms with E-state index in [4.69, 9.17) is 0 Å². The van der Waals surface area contributed by atoms with Crippen molar-refractivity contribution in [3.8, 4) is 0 Å². The number of halogens is 1. The van der Waals surface area contributed by atoms with E-state index in [9.17, 15) is 4.39 Å². The minimum atomic E-state index is -0.195. The first-order chi connectivity index (χ1) is 6.24. The van der Waals surface area contributed by atoms with Crippen molar-refractivity contribution < 1.29 is 9.13 Å². The summed E-state index contributed by atoms with van der Waals surface area (Å²) in [6.45, 7) is 3.76. The predicted molar refractivity (Wildman–Crippen MR) is 51.1 cm³/mol. The summed E-state index contributed by atoms with van der Waals surface area (Å²) in [6, 6.07) is 0. The molecule has 0 aromatic heterocycles. The smallest absolute Gasteiger partial charge is 0.173 e. The molecule has 0 N–H and O–H groups in total. The van der Waals surface area contributed by atoms with Crippen LogP contribution in [0, 0.1) is 5.92 Å². The van der Waals surface area contributed by atoms with Crippen molar-refractivity contribution >= 4 is 6.40 Å². The third kappa shape index (κ3) is 2.86. The Morgan fingerprint density at radius 1 is 1.85 bits per heavy atom. The van der Waals surface area contributed by atoms with Crippen LogP contribution in [0.4, 0.5) is 4.39 Å². The average molecular weight is 181 g/mol. The fourth-order valence-corrected chi connectivity index (χ4v) is 1.06. The van der Waals surface area contributed by atoms with E-state index in [0.29, 0.717) is 12.1 Å². The highest BCUT2D eigenvalue weighted by atomic mass is 19.1. The van der Waals surface area contributed by atoms with Crippen LogP contribution in [0.25, 0.3) is 0 Å². The molecule has 0 bridgehead atoms. The van der Waals surface area contributed by atoms with Crippen LogP contribution in [0.2, 0.25) is 0 Å². The lowest BCUT2D eigenvalue weighted by atomic mass is 9.98. The maximum atomic E-state index is 12.6. The Morgan fingerprint density at radius 2 is 2.62 bits per heavy atom. The maximum absolute atomic E-state index is 12.6. The third-order valence-electron chi connectivity index (χ3n) is 1.81. The molecule has 1 aliphatic carbocycles. The standard InChI is InChI=1S/C10H12FNO/c1-8(12-7-13-2)9-3-5-10(11)6-4-9/h3,5-7,9H,1,4H2,2H3/b12-7-. The van der Waals surface area contributed by atoms with Crippen LogP contribution < -0.4 is 0 Å². The van der Waals surface area contributed by atoms with Crippen LogP contribution in [-0.2, 0) is 4.74 Å². The molecule has 0 aromatic carbocycles. The third-order valence-corrected chi connectivity index (χ3v) is 1.81. The maximum Gasteiger partial charge on any atom is 0.173 e. The molecule has 0 spiro atoms. The van der Waals surface area contributed by atoms with Gasteiger partial charge in [0, 0.05) is 11.6 Å². The molecule has 1 atom stereocenters. The summed E-state index contributed by atoms with van der Waals surface area (Å²) in [5.41, 5.74) is 0.682. The van der Waals surface area contributed by atoms with Crippen molar-refractivity contribution in [1.82, 2.24) is 0 Å². The molecule has 0 radical (unpaired) electrons. The van der Waals surface area contributed by atoms with E-state index in [1.165, 1.54) is 25.7 Å². The van der Waals surface area contributed by atoms with E-state index in [2.05, 4.69) is 16.3 Å². The second-order valence-corrected chi connectivity index (χ2v) is 2.75. The van der Waals surface area contributed by atoms with Gasteiger partial charge in [0.2, 0.25) is 0 Å². The fourth-order valence-electron chi connectivity index (χ4n) is 1.06. The van der Waals surface area contributed by atoms with Crippen LogP contribution in [0.5, 0.6) is 0 Å². The summed E-state index contributed by atoms with van der Waals surface area (Å²) in [7, 11) is 1.52. The van der Waals surface area contributed by atoms with E-state index in [1.807, 2.05) is 0 Å². The summed E-state index contributed by atoms with van der Waals surface area (Å²) in [5.74, 6) is -0.106. The monoisotopic (exact) mass is 181 g/mol. The summed E-state index contributed by atoms with van der Waals surface area (Å²) >= 11 is 0. The van der Waals surface area contributed by atoms with Gasteiger partial charge in [0.25, 0.3) is 0 Å². The number of ether oxygens (including phenoxy) is 1. The van der Waals surface area contributed by atoms with E-state index in [1.54, 1.807) is 6.08 Å². The fraction of sp³-hybridized carbons (Fsp3) is 0.300. The number of aliphatic imine (C=N–C) groups is 1. The molecule has 2 nitrogen and oxygen atoms in total. The molecule has 3 heteroatoms. The zero-order valence-corrected chi connectivity index (χ0v) is 7.53. The van der Waals surface area contributed by atoms with Gasteiger partial charge in [-0.25, -0.2) is 9.38 Å². The number of hydrogen-bond donors (Lipinski definition) is 0. The van der Waals surface area contributed by atoms with Crippen molar-refractivity contribution in [3.05, 3.63) is 36.3 Å². The number of methoxy groups -OCH3 is 1. The van der Waals surface area contributed by atoms with Gasteiger partial charge in [-0.3, -0.25) is 0 Å². The molecular formula is C10H12FNO. The van der Waals surface area contributed by atoms with Gasteiger partial charge < -0.3 is 4.74 Å². The largest absolute Gasteiger partial charge is 0.486 e. The van der Waals surface area contributed by atoms with Crippen LogP contribution in [-0.4, -0.2) is 13.5 Å². The Hall–Kier alpha value is -1.38. The van der Waals surface area contributed by atoms with Crippen molar-refractivity contribution in [1.29, 1.82) is 0 Å². The van der Waals surface area contributed by atoms with E-state index < -0.39 is 0 Å². The topological polar surface area (TPSA) is 21.6 Å². The first-order valence-corrected chi connectivity index (χ1v) is 4.02. The molecule has 0 aromatic rings. The van der Waals surface area contributed by atoms with Crippen molar-refractivity contribution in [3.63, 3.8) is 0 Å². The molecule has 0 saturated carbocycles. The minimum absolute atomic E-state index is 0.0888. The first kappa shape index (κ1) is 9.71. The van der Waals surface area contributed by atoms with Gasteiger partial charge in [0.15, 0.2) is 6.40 Å². The molecule has 0 amide bonds. The molecule has 0 saturated heterocycles. The van der Waals surface area contributed by atoms with Gasteiger partial charge >= 0.3 is 0 Å². The minimum Gasteiger partial charge on any atom is -0.486 e. The Bertz CT molecular complexity index is 279. The van der Waals surface area contributed by atoms with Gasteiger partial charge in [-0.1, -0.05) is 12.7 Å². The highest BCUT2D eigenvalue weighted by Gasteiger charge is 2.10. The number of rotatable bonds is 3. The van der Waals surface area contributed by atoms with Crippen molar-refractivity contribution in [2.45, 2.75) is 6.42 Å². The Balaban J connectivity index is 2.52.